The van der Waals surface area contributed by atoms with Gasteiger partial charge < -0.3 is 19.5 Å². The molecule has 1 aliphatic heterocycles. The van der Waals surface area contributed by atoms with Crippen LogP contribution in [0.3, 0.4) is 0 Å². The van der Waals surface area contributed by atoms with Crippen LogP contribution in [0.1, 0.15) is 21.5 Å². The van der Waals surface area contributed by atoms with E-state index < -0.39 is 4.92 Å². The maximum absolute atomic E-state index is 12.6. The predicted octanol–water partition coefficient (Wildman–Crippen LogP) is 4.45. The summed E-state index contributed by atoms with van der Waals surface area (Å²) in [5, 5.41) is 23.6. The monoisotopic (exact) mass is 547 g/mol. The van der Waals surface area contributed by atoms with Crippen LogP contribution in [-0.2, 0) is 23.6 Å². The third kappa shape index (κ3) is 6.02. The fourth-order valence-electron chi connectivity index (χ4n) is 4.04. The Morgan fingerprint density at radius 1 is 1.08 bits per heavy atom. The second-order valence-electron chi connectivity index (χ2n) is 8.58. The first kappa shape index (κ1) is 26.2. The number of nitro groups is 1. The summed E-state index contributed by atoms with van der Waals surface area (Å²) < 4.78 is 17.8. The molecule has 0 saturated carbocycles. The Balaban J connectivity index is 1.23. The van der Waals surface area contributed by atoms with E-state index in [4.69, 9.17) is 14.2 Å². The molecule has 0 saturated heterocycles. The highest BCUT2D eigenvalue weighted by atomic mass is 32.2. The summed E-state index contributed by atoms with van der Waals surface area (Å²) in [6.45, 7) is 1.41. The number of hydrogen-bond acceptors (Lipinski definition) is 9. The van der Waals surface area contributed by atoms with Crippen molar-refractivity contribution >= 4 is 23.4 Å². The molecule has 0 atom stereocenters. The molecule has 2 heterocycles. The van der Waals surface area contributed by atoms with Gasteiger partial charge in [-0.3, -0.25) is 19.5 Å². The van der Waals surface area contributed by atoms with Gasteiger partial charge in [-0.2, -0.15) is 0 Å². The Kier molecular flexibility index (Phi) is 8.04. The molecule has 1 aromatic heterocycles. The third-order valence-corrected chi connectivity index (χ3v) is 7.09. The van der Waals surface area contributed by atoms with Gasteiger partial charge in [0.2, 0.25) is 6.79 Å². The Morgan fingerprint density at radius 2 is 1.85 bits per heavy atom. The van der Waals surface area contributed by atoms with Crippen LogP contribution < -0.4 is 14.8 Å². The average molecular weight is 548 g/mol. The summed E-state index contributed by atoms with van der Waals surface area (Å²) in [4.78, 5) is 23.8. The van der Waals surface area contributed by atoms with Gasteiger partial charge in [-0.25, -0.2) is 0 Å². The van der Waals surface area contributed by atoms with E-state index in [9.17, 15) is 14.9 Å². The van der Waals surface area contributed by atoms with Crippen LogP contribution in [0.4, 0.5) is 5.69 Å². The molecular formula is C27H25N5O6S. The first-order chi connectivity index (χ1) is 19.0. The van der Waals surface area contributed by atoms with E-state index in [1.165, 1.54) is 17.8 Å². The van der Waals surface area contributed by atoms with Gasteiger partial charge in [0.05, 0.1) is 23.6 Å². The Labute approximate surface area is 228 Å². The maximum Gasteiger partial charge on any atom is 0.280 e. The number of fused-ring (bicyclic) bond motifs is 1. The van der Waals surface area contributed by atoms with Crippen molar-refractivity contribution in [1.29, 1.82) is 0 Å². The van der Waals surface area contributed by atoms with Crippen molar-refractivity contribution in [2.45, 2.75) is 24.0 Å². The van der Waals surface area contributed by atoms with Crippen molar-refractivity contribution in [3.8, 4) is 22.9 Å². The van der Waals surface area contributed by atoms with Crippen LogP contribution in [0.2, 0.25) is 0 Å². The molecule has 11 nitrogen and oxygen atoms in total. The fraction of sp³-hybridized carbons (Fsp3) is 0.222. The summed E-state index contributed by atoms with van der Waals surface area (Å²) in [6.07, 6.45) is 0. The van der Waals surface area contributed by atoms with E-state index in [-0.39, 0.29) is 18.4 Å². The number of methoxy groups -OCH3 is 1. The van der Waals surface area contributed by atoms with Gasteiger partial charge in [-0.05, 0) is 41.5 Å². The lowest BCUT2D eigenvalue weighted by Crippen LogP contribution is -2.22. The highest BCUT2D eigenvalue weighted by Gasteiger charge is 2.22. The Morgan fingerprint density at radius 3 is 2.64 bits per heavy atom. The Bertz CT molecular complexity index is 1490. The average Bonchev–Trinajstić information content (AvgIpc) is 3.60. The predicted molar refractivity (Wildman–Crippen MR) is 144 cm³/mol. The lowest BCUT2D eigenvalue weighted by molar-refractivity contribution is -0.384. The zero-order valence-electron chi connectivity index (χ0n) is 21.0. The fourth-order valence-corrected chi connectivity index (χ4v) is 4.96. The second-order valence-corrected chi connectivity index (χ2v) is 9.52. The molecule has 12 heteroatoms. The molecule has 200 valence electrons. The molecule has 0 radical (unpaired) electrons. The number of hydrogen-bond donors (Lipinski definition) is 1. The molecule has 0 bridgehead atoms. The molecule has 5 rings (SSSR count). The van der Waals surface area contributed by atoms with Gasteiger partial charge in [0.25, 0.3) is 11.6 Å². The number of nitrogens with zero attached hydrogens (tertiary/aromatic N) is 4. The highest BCUT2D eigenvalue weighted by Crippen LogP contribution is 2.33. The molecular weight excluding hydrogens is 522 g/mol. The van der Waals surface area contributed by atoms with Crippen LogP contribution in [0.15, 0.2) is 71.9 Å². The zero-order valence-corrected chi connectivity index (χ0v) is 21.8. The Hall–Kier alpha value is -4.42. The topological polar surface area (TPSA) is 131 Å². The van der Waals surface area contributed by atoms with E-state index in [1.807, 2.05) is 34.9 Å². The number of aromatic nitrogens is 3. The number of carbonyl (C=O) groups excluding carboxylic acids is 1. The minimum absolute atomic E-state index is 0.0347. The lowest BCUT2D eigenvalue weighted by atomic mass is 10.1. The molecule has 0 spiro atoms. The van der Waals surface area contributed by atoms with Crippen molar-refractivity contribution < 1.29 is 23.9 Å². The smallest absolute Gasteiger partial charge is 0.280 e. The number of carbonyl (C=O) groups is 1. The third-order valence-electron chi connectivity index (χ3n) is 6.05. The van der Waals surface area contributed by atoms with Crippen molar-refractivity contribution in [3.05, 3.63) is 93.5 Å². The molecule has 39 heavy (non-hydrogen) atoms. The SMILES string of the molecule is COCCn1c(SCc2ccc(C(=O)NCc3ccc4c(c3)OCO4)cc2)nnc1-c1ccccc1[N+](=O)[O-]. The summed E-state index contributed by atoms with van der Waals surface area (Å²) in [5.41, 5.74) is 2.81. The van der Waals surface area contributed by atoms with Gasteiger partial charge in [0, 0.05) is 31.0 Å². The van der Waals surface area contributed by atoms with Crippen molar-refractivity contribution in [2.75, 3.05) is 20.5 Å². The molecule has 1 N–H and O–H groups in total. The molecule has 1 amide bonds. The quantitative estimate of drug-likeness (QED) is 0.164. The van der Waals surface area contributed by atoms with E-state index in [1.54, 1.807) is 37.4 Å². The summed E-state index contributed by atoms with van der Waals surface area (Å²) in [7, 11) is 1.59. The van der Waals surface area contributed by atoms with Crippen LogP contribution in [-0.4, -0.2) is 46.1 Å². The van der Waals surface area contributed by atoms with Gasteiger partial charge in [-0.1, -0.05) is 42.1 Å². The normalized spacial score (nSPS) is 11.9. The number of rotatable bonds is 11. The van der Waals surface area contributed by atoms with Crippen molar-refractivity contribution in [2.24, 2.45) is 0 Å². The summed E-state index contributed by atoms with van der Waals surface area (Å²) >= 11 is 1.45. The van der Waals surface area contributed by atoms with E-state index in [0.717, 1.165) is 11.1 Å². The number of ether oxygens (including phenoxy) is 3. The largest absolute Gasteiger partial charge is 0.454 e. The van der Waals surface area contributed by atoms with E-state index in [2.05, 4.69) is 15.5 Å². The van der Waals surface area contributed by atoms with E-state index in [0.29, 0.717) is 59.1 Å². The highest BCUT2D eigenvalue weighted by molar-refractivity contribution is 7.98. The summed E-state index contributed by atoms with van der Waals surface area (Å²) in [6, 6.07) is 19.4. The number of benzene rings is 3. The number of nitro benzene ring substituents is 1. The first-order valence-corrected chi connectivity index (χ1v) is 13.1. The number of para-hydroxylation sites is 1. The van der Waals surface area contributed by atoms with Crippen LogP contribution in [0.25, 0.3) is 11.4 Å². The van der Waals surface area contributed by atoms with Crippen LogP contribution >= 0.6 is 11.8 Å². The number of thioether (sulfide) groups is 1. The van der Waals surface area contributed by atoms with Crippen LogP contribution in [0, 0.1) is 10.1 Å². The minimum atomic E-state index is -0.426. The van der Waals surface area contributed by atoms with Crippen molar-refractivity contribution in [1.82, 2.24) is 20.1 Å². The molecule has 4 aromatic rings. The van der Waals surface area contributed by atoms with Crippen LogP contribution in [0.5, 0.6) is 11.5 Å². The lowest BCUT2D eigenvalue weighted by Gasteiger charge is -2.10. The molecule has 0 unspecified atom stereocenters. The zero-order chi connectivity index (χ0) is 27.2. The number of amides is 1. The van der Waals surface area contributed by atoms with Gasteiger partial charge in [0.1, 0.15) is 0 Å². The number of nitrogens with one attached hydrogen (secondary N) is 1. The maximum atomic E-state index is 12.6. The van der Waals surface area contributed by atoms with Crippen molar-refractivity contribution in [3.63, 3.8) is 0 Å². The standard InChI is InChI=1S/C27H25N5O6S/c1-36-13-12-31-25(21-4-2-3-5-22(21)32(34)35)29-30-27(31)39-16-18-6-9-20(10-7-18)26(33)28-15-19-8-11-23-24(14-19)38-17-37-23/h2-11,14H,12-13,15-17H2,1H3,(H,28,33). The second kappa shape index (κ2) is 12.0. The minimum Gasteiger partial charge on any atom is -0.454 e. The molecule has 3 aromatic carbocycles. The van der Waals surface area contributed by atoms with Gasteiger partial charge in [-0.15, -0.1) is 10.2 Å². The van der Waals surface area contributed by atoms with E-state index >= 15 is 0 Å². The molecule has 1 aliphatic rings. The first-order valence-electron chi connectivity index (χ1n) is 12.1. The summed E-state index contributed by atoms with van der Waals surface area (Å²) in [5.74, 6) is 2.18. The molecule has 0 aliphatic carbocycles. The molecule has 0 fully saturated rings. The van der Waals surface area contributed by atoms with Gasteiger partial charge in [0.15, 0.2) is 22.5 Å². The van der Waals surface area contributed by atoms with Gasteiger partial charge >= 0.3 is 0 Å².